The van der Waals surface area contributed by atoms with Crippen LogP contribution >= 0.6 is 11.8 Å². The van der Waals surface area contributed by atoms with Gasteiger partial charge in [-0.2, -0.15) is 0 Å². The molecule has 3 N–H and O–H groups in total. The smallest absolute Gasteiger partial charge is 0.245 e. The van der Waals surface area contributed by atoms with Crippen LogP contribution in [0.25, 0.3) is 21.7 Å². The van der Waals surface area contributed by atoms with Crippen LogP contribution in [0, 0.1) is 5.92 Å². The van der Waals surface area contributed by atoms with E-state index in [4.69, 9.17) is 5.73 Å². The third-order valence-corrected chi connectivity index (χ3v) is 9.31. The summed E-state index contributed by atoms with van der Waals surface area (Å²) in [7, 11) is 0. The molecule has 0 unspecified atom stereocenters. The maximum Gasteiger partial charge on any atom is 0.245 e. The summed E-state index contributed by atoms with van der Waals surface area (Å²) in [4.78, 5) is 35.3. The van der Waals surface area contributed by atoms with Gasteiger partial charge in [0.25, 0.3) is 0 Å². The first-order chi connectivity index (χ1) is 18.6. The SMILES string of the molecule is NCC[C@H]1C[C@@H]2C(=O)N(Cc3cccc4ccccc34)CCS[C@H](Cc3c[nH]c4ccccc34)C(=O)N2C1. The van der Waals surface area contributed by atoms with Gasteiger partial charge in [-0.3, -0.25) is 9.59 Å². The molecule has 6 nitrogen and oxygen atoms in total. The van der Waals surface area contributed by atoms with Crippen LogP contribution < -0.4 is 5.73 Å². The molecule has 0 saturated carbocycles. The standard InChI is InChI=1S/C31H34N4O2S/c32-13-12-21-16-28-30(36)34(20-23-8-5-7-22-6-1-2-9-25(22)23)14-15-38-29(31(37)35(28)19-21)17-24-18-33-27-11-4-3-10-26(24)27/h1-11,18,21,28-29,33H,12-17,19-20,32H2/t21-,28+,29+/m0/s1. The quantitative estimate of drug-likeness (QED) is 0.386. The molecule has 6 rings (SSSR count). The minimum absolute atomic E-state index is 0.0687. The van der Waals surface area contributed by atoms with E-state index in [9.17, 15) is 9.59 Å². The second-order valence-electron chi connectivity index (χ2n) is 10.5. The fourth-order valence-corrected chi connectivity index (χ4v) is 7.35. The maximum atomic E-state index is 14.1. The third kappa shape index (κ3) is 4.81. The van der Waals surface area contributed by atoms with E-state index >= 15 is 0 Å². The number of fused-ring (bicyclic) bond motifs is 3. The third-order valence-electron chi connectivity index (χ3n) is 8.12. The summed E-state index contributed by atoms with van der Waals surface area (Å²) in [6.07, 6.45) is 4.20. The molecule has 2 fully saturated rings. The molecule has 1 aromatic heterocycles. The number of H-pyrrole nitrogens is 1. The minimum atomic E-state index is -0.418. The molecule has 0 aliphatic carbocycles. The maximum absolute atomic E-state index is 14.1. The number of carbonyl (C=O) groups excluding carboxylic acids is 2. The van der Waals surface area contributed by atoms with Crippen molar-refractivity contribution in [3.05, 3.63) is 84.1 Å². The summed E-state index contributed by atoms with van der Waals surface area (Å²) in [5.74, 6) is 1.14. The van der Waals surface area contributed by atoms with Gasteiger partial charge in [0.1, 0.15) is 6.04 Å². The van der Waals surface area contributed by atoms with Crippen LogP contribution in [0.15, 0.2) is 72.9 Å². The van der Waals surface area contributed by atoms with Crippen molar-refractivity contribution in [3.8, 4) is 0 Å². The summed E-state index contributed by atoms with van der Waals surface area (Å²) in [5, 5.41) is 3.29. The predicted molar refractivity (Wildman–Crippen MR) is 155 cm³/mol. The van der Waals surface area contributed by atoms with E-state index in [1.807, 2.05) is 40.3 Å². The lowest BCUT2D eigenvalue weighted by atomic mass is 10.0. The molecule has 2 saturated heterocycles. The summed E-state index contributed by atoms with van der Waals surface area (Å²) in [5.41, 5.74) is 9.28. The molecule has 3 heterocycles. The van der Waals surface area contributed by atoms with Gasteiger partial charge in [0.15, 0.2) is 0 Å². The monoisotopic (exact) mass is 526 g/mol. The first-order valence-corrected chi connectivity index (χ1v) is 14.6. The van der Waals surface area contributed by atoms with Gasteiger partial charge in [-0.25, -0.2) is 0 Å². The lowest BCUT2D eigenvalue weighted by Crippen LogP contribution is -2.49. The normalized spacial score (nSPS) is 22.5. The molecule has 3 aromatic carbocycles. The first kappa shape index (κ1) is 25.0. The second kappa shape index (κ2) is 10.8. The molecular weight excluding hydrogens is 492 g/mol. The van der Waals surface area contributed by atoms with E-state index < -0.39 is 6.04 Å². The van der Waals surface area contributed by atoms with Crippen LogP contribution in [-0.4, -0.2) is 63.3 Å². The van der Waals surface area contributed by atoms with Crippen LogP contribution in [-0.2, 0) is 22.6 Å². The number of benzene rings is 3. The van der Waals surface area contributed by atoms with E-state index in [0.29, 0.717) is 39.0 Å². The Labute approximate surface area is 227 Å². The number of carbonyl (C=O) groups is 2. The second-order valence-corrected chi connectivity index (χ2v) is 11.8. The lowest BCUT2D eigenvalue weighted by molar-refractivity contribution is -0.143. The van der Waals surface area contributed by atoms with Gasteiger partial charge >= 0.3 is 0 Å². The highest BCUT2D eigenvalue weighted by Gasteiger charge is 2.44. The fourth-order valence-electron chi connectivity index (χ4n) is 6.17. The molecule has 7 heteroatoms. The fraction of sp³-hybridized carbons (Fsp3) is 0.355. The number of amides is 2. The van der Waals surface area contributed by atoms with E-state index in [2.05, 4.69) is 47.4 Å². The van der Waals surface area contributed by atoms with Gasteiger partial charge in [-0.15, -0.1) is 11.8 Å². The Hall–Kier alpha value is -3.29. The van der Waals surface area contributed by atoms with Gasteiger partial charge < -0.3 is 20.5 Å². The largest absolute Gasteiger partial charge is 0.361 e. The van der Waals surface area contributed by atoms with Crippen molar-refractivity contribution in [3.63, 3.8) is 0 Å². The van der Waals surface area contributed by atoms with Crippen molar-refractivity contribution in [1.29, 1.82) is 0 Å². The average molecular weight is 527 g/mol. The number of nitrogens with one attached hydrogen (secondary N) is 1. The van der Waals surface area contributed by atoms with Crippen LogP contribution in [0.3, 0.4) is 0 Å². The van der Waals surface area contributed by atoms with E-state index in [1.54, 1.807) is 11.8 Å². The minimum Gasteiger partial charge on any atom is -0.361 e. The molecule has 2 aliphatic heterocycles. The summed E-state index contributed by atoms with van der Waals surface area (Å²) in [6, 6.07) is 22.4. The molecule has 0 radical (unpaired) electrons. The Morgan fingerprint density at radius 3 is 2.58 bits per heavy atom. The number of para-hydroxylation sites is 1. The van der Waals surface area contributed by atoms with Gasteiger partial charge in [0.2, 0.25) is 11.8 Å². The number of thioether (sulfide) groups is 1. The zero-order valence-electron chi connectivity index (χ0n) is 21.5. The molecule has 0 spiro atoms. The van der Waals surface area contributed by atoms with Crippen LogP contribution in [0.4, 0.5) is 0 Å². The van der Waals surface area contributed by atoms with Gasteiger partial charge in [-0.05, 0) is 59.7 Å². The number of hydrogen-bond donors (Lipinski definition) is 2. The summed E-state index contributed by atoms with van der Waals surface area (Å²) < 4.78 is 0. The number of hydrogen-bond acceptors (Lipinski definition) is 4. The van der Waals surface area contributed by atoms with Crippen LogP contribution in [0.5, 0.6) is 0 Å². The number of nitrogens with two attached hydrogens (primary N) is 1. The zero-order chi connectivity index (χ0) is 26.1. The number of nitrogens with zero attached hydrogens (tertiary/aromatic N) is 2. The molecule has 2 aliphatic rings. The number of aromatic amines is 1. The van der Waals surface area contributed by atoms with Crippen molar-refractivity contribution >= 4 is 45.3 Å². The first-order valence-electron chi connectivity index (χ1n) is 13.5. The topological polar surface area (TPSA) is 82.4 Å². The average Bonchev–Trinajstić information content (AvgIpc) is 3.56. The van der Waals surface area contributed by atoms with Crippen LogP contribution in [0.2, 0.25) is 0 Å². The lowest BCUT2D eigenvalue weighted by Gasteiger charge is -2.30. The van der Waals surface area contributed by atoms with Gasteiger partial charge in [-0.1, -0.05) is 60.7 Å². The summed E-state index contributed by atoms with van der Waals surface area (Å²) in [6.45, 7) is 2.35. The van der Waals surface area contributed by atoms with Crippen molar-refractivity contribution in [2.24, 2.45) is 11.7 Å². The van der Waals surface area contributed by atoms with E-state index in [-0.39, 0.29) is 23.0 Å². The zero-order valence-corrected chi connectivity index (χ0v) is 22.3. The van der Waals surface area contributed by atoms with E-state index in [1.165, 1.54) is 10.8 Å². The van der Waals surface area contributed by atoms with Gasteiger partial charge in [0.05, 0.1) is 5.25 Å². The predicted octanol–water partition coefficient (Wildman–Crippen LogP) is 4.57. The molecule has 38 heavy (non-hydrogen) atoms. The molecule has 2 amide bonds. The highest BCUT2D eigenvalue weighted by molar-refractivity contribution is 8.00. The Kier molecular flexibility index (Phi) is 7.13. The molecule has 4 aromatic rings. The van der Waals surface area contributed by atoms with Crippen molar-refractivity contribution in [2.45, 2.75) is 37.1 Å². The molecular formula is C31H34N4O2S. The Morgan fingerprint density at radius 2 is 1.71 bits per heavy atom. The van der Waals surface area contributed by atoms with E-state index in [0.717, 1.165) is 34.2 Å². The highest BCUT2D eigenvalue weighted by atomic mass is 32.2. The molecule has 3 atom stereocenters. The Balaban J connectivity index is 1.30. The Morgan fingerprint density at radius 1 is 0.921 bits per heavy atom. The molecule has 196 valence electrons. The number of aromatic nitrogens is 1. The van der Waals surface area contributed by atoms with Gasteiger partial charge in [0, 0.05) is 42.5 Å². The number of rotatable bonds is 6. The van der Waals surface area contributed by atoms with Crippen molar-refractivity contribution < 1.29 is 9.59 Å². The summed E-state index contributed by atoms with van der Waals surface area (Å²) >= 11 is 1.69. The van der Waals surface area contributed by atoms with Crippen LogP contribution in [0.1, 0.15) is 24.0 Å². The molecule has 0 bridgehead atoms. The van der Waals surface area contributed by atoms with Crippen molar-refractivity contribution in [1.82, 2.24) is 14.8 Å². The Bertz CT molecular complexity index is 1460. The van der Waals surface area contributed by atoms with Crippen molar-refractivity contribution in [2.75, 3.05) is 25.4 Å². The highest BCUT2D eigenvalue weighted by Crippen LogP contribution is 2.33.